The van der Waals surface area contributed by atoms with Crippen molar-refractivity contribution in [2.75, 3.05) is 13.7 Å². The number of amides is 1. The second-order valence-corrected chi connectivity index (χ2v) is 4.78. The van der Waals surface area contributed by atoms with E-state index in [1.807, 2.05) is 24.3 Å². The highest BCUT2D eigenvalue weighted by molar-refractivity contribution is 5.92. The standard InChI is InChI=1S/C17H25NO2/c1-3-4-5-6-9-14-18-17(19)13-12-15-10-7-8-11-16(15)20-2/h7-8,10-13H,3-6,9,14H2,1-2H3,(H,18,19)/b13-12+. The van der Waals surface area contributed by atoms with Gasteiger partial charge in [0.15, 0.2) is 0 Å². The molecule has 110 valence electrons. The number of carbonyl (C=O) groups excluding carboxylic acids is 1. The molecule has 0 bridgehead atoms. The number of methoxy groups -OCH3 is 1. The van der Waals surface area contributed by atoms with E-state index in [9.17, 15) is 4.79 Å². The number of hydrogen-bond donors (Lipinski definition) is 1. The van der Waals surface area contributed by atoms with Crippen LogP contribution in [0.1, 0.15) is 44.6 Å². The molecule has 1 amide bonds. The zero-order valence-electron chi connectivity index (χ0n) is 12.5. The van der Waals surface area contributed by atoms with Crippen LogP contribution in [0.25, 0.3) is 6.08 Å². The molecule has 0 spiro atoms. The number of benzene rings is 1. The van der Waals surface area contributed by atoms with E-state index in [1.165, 1.54) is 25.7 Å². The van der Waals surface area contributed by atoms with E-state index >= 15 is 0 Å². The Bertz CT molecular complexity index is 427. The second kappa shape index (κ2) is 10.1. The van der Waals surface area contributed by atoms with Crippen molar-refractivity contribution in [1.29, 1.82) is 0 Å². The zero-order chi connectivity index (χ0) is 14.6. The zero-order valence-corrected chi connectivity index (χ0v) is 12.5. The van der Waals surface area contributed by atoms with Gasteiger partial charge in [0, 0.05) is 18.2 Å². The number of carbonyl (C=O) groups is 1. The van der Waals surface area contributed by atoms with Crippen LogP contribution in [-0.4, -0.2) is 19.6 Å². The number of nitrogens with one attached hydrogen (secondary N) is 1. The van der Waals surface area contributed by atoms with Gasteiger partial charge in [-0.3, -0.25) is 4.79 Å². The Morgan fingerprint density at radius 1 is 1.20 bits per heavy atom. The van der Waals surface area contributed by atoms with Crippen LogP contribution in [-0.2, 0) is 4.79 Å². The smallest absolute Gasteiger partial charge is 0.244 e. The maximum atomic E-state index is 11.7. The van der Waals surface area contributed by atoms with E-state index < -0.39 is 0 Å². The highest BCUT2D eigenvalue weighted by Crippen LogP contribution is 2.18. The van der Waals surface area contributed by atoms with Gasteiger partial charge in [-0.15, -0.1) is 0 Å². The lowest BCUT2D eigenvalue weighted by Gasteiger charge is -2.04. The minimum atomic E-state index is -0.0496. The molecule has 1 aromatic carbocycles. The Morgan fingerprint density at radius 3 is 2.70 bits per heavy atom. The molecule has 1 rings (SSSR count). The van der Waals surface area contributed by atoms with Gasteiger partial charge >= 0.3 is 0 Å². The quantitative estimate of drug-likeness (QED) is 0.550. The summed E-state index contributed by atoms with van der Waals surface area (Å²) in [5.74, 6) is 0.725. The minimum Gasteiger partial charge on any atom is -0.496 e. The normalized spacial score (nSPS) is 10.7. The molecule has 3 heteroatoms. The summed E-state index contributed by atoms with van der Waals surface area (Å²) in [4.78, 5) is 11.7. The summed E-state index contributed by atoms with van der Waals surface area (Å²) in [5, 5.41) is 2.90. The minimum absolute atomic E-state index is 0.0496. The summed E-state index contributed by atoms with van der Waals surface area (Å²) in [6.07, 6.45) is 9.35. The van der Waals surface area contributed by atoms with Crippen molar-refractivity contribution in [1.82, 2.24) is 5.32 Å². The SMILES string of the molecule is CCCCCCCNC(=O)/C=C/c1ccccc1OC. The van der Waals surface area contributed by atoms with Gasteiger partial charge in [0.2, 0.25) is 5.91 Å². The average Bonchev–Trinajstić information content (AvgIpc) is 2.49. The number of unbranched alkanes of at least 4 members (excludes halogenated alkanes) is 4. The summed E-state index contributed by atoms with van der Waals surface area (Å²) in [6.45, 7) is 2.95. The van der Waals surface area contributed by atoms with Gasteiger partial charge in [-0.25, -0.2) is 0 Å². The Morgan fingerprint density at radius 2 is 1.95 bits per heavy atom. The molecule has 1 aromatic rings. The van der Waals surface area contributed by atoms with E-state index in [2.05, 4.69) is 12.2 Å². The Hall–Kier alpha value is -1.77. The van der Waals surface area contributed by atoms with Crippen LogP contribution in [0.3, 0.4) is 0 Å². The lowest BCUT2D eigenvalue weighted by Crippen LogP contribution is -2.21. The van der Waals surface area contributed by atoms with Gasteiger partial charge < -0.3 is 10.1 Å². The molecule has 0 aliphatic heterocycles. The number of ether oxygens (including phenoxy) is 1. The van der Waals surface area contributed by atoms with Crippen molar-refractivity contribution >= 4 is 12.0 Å². The van der Waals surface area contributed by atoms with E-state index in [1.54, 1.807) is 19.3 Å². The van der Waals surface area contributed by atoms with Crippen LogP contribution in [0.4, 0.5) is 0 Å². The second-order valence-electron chi connectivity index (χ2n) is 4.78. The Kier molecular flexibility index (Phi) is 8.20. The van der Waals surface area contributed by atoms with Gasteiger partial charge in [-0.2, -0.15) is 0 Å². The third kappa shape index (κ3) is 6.41. The fourth-order valence-electron chi connectivity index (χ4n) is 1.97. The first-order valence-corrected chi connectivity index (χ1v) is 7.37. The van der Waals surface area contributed by atoms with Crippen LogP contribution in [0.2, 0.25) is 0 Å². The highest BCUT2D eigenvalue weighted by Gasteiger charge is 1.99. The maximum absolute atomic E-state index is 11.7. The van der Waals surface area contributed by atoms with Crippen molar-refractivity contribution in [2.24, 2.45) is 0 Å². The molecule has 0 saturated carbocycles. The molecule has 0 aliphatic rings. The number of rotatable bonds is 9. The third-order valence-corrected chi connectivity index (χ3v) is 3.13. The van der Waals surface area contributed by atoms with Crippen molar-refractivity contribution in [2.45, 2.75) is 39.0 Å². The molecule has 0 radical (unpaired) electrons. The van der Waals surface area contributed by atoms with Crippen molar-refractivity contribution in [3.63, 3.8) is 0 Å². The molecule has 0 atom stereocenters. The van der Waals surface area contributed by atoms with Crippen LogP contribution < -0.4 is 10.1 Å². The lowest BCUT2D eigenvalue weighted by molar-refractivity contribution is -0.116. The summed E-state index contributed by atoms with van der Waals surface area (Å²) in [5.41, 5.74) is 0.910. The van der Waals surface area contributed by atoms with Gasteiger partial charge in [-0.05, 0) is 18.6 Å². The van der Waals surface area contributed by atoms with Gasteiger partial charge in [0.05, 0.1) is 7.11 Å². The predicted octanol–water partition coefficient (Wildman–Crippen LogP) is 3.80. The summed E-state index contributed by atoms with van der Waals surface area (Å²) in [7, 11) is 1.63. The molecule has 0 aromatic heterocycles. The molecule has 3 nitrogen and oxygen atoms in total. The van der Waals surface area contributed by atoms with Crippen molar-refractivity contribution < 1.29 is 9.53 Å². The molecule has 0 unspecified atom stereocenters. The van der Waals surface area contributed by atoms with Crippen LogP contribution in [0.15, 0.2) is 30.3 Å². The highest BCUT2D eigenvalue weighted by atomic mass is 16.5. The lowest BCUT2D eigenvalue weighted by atomic mass is 10.1. The monoisotopic (exact) mass is 275 g/mol. The summed E-state index contributed by atoms with van der Waals surface area (Å²) >= 11 is 0. The van der Waals surface area contributed by atoms with Crippen LogP contribution in [0.5, 0.6) is 5.75 Å². The van der Waals surface area contributed by atoms with Gasteiger partial charge in [0.25, 0.3) is 0 Å². The summed E-state index contributed by atoms with van der Waals surface area (Å²) < 4.78 is 5.23. The van der Waals surface area contributed by atoms with Gasteiger partial charge in [-0.1, -0.05) is 50.8 Å². The first-order chi connectivity index (χ1) is 9.77. The Balaban J connectivity index is 2.29. The van der Waals surface area contributed by atoms with E-state index in [-0.39, 0.29) is 5.91 Å². The molecule has 0 aliphatic carbocycles. The molecule has 0 fully saturated rings. The van der Waals surface area contributed by atoms with Crippen LogP contribution in [0, 0.1) is 0 Å². The average molecular weight is 275 g/mol. The van der Waals surface area contributed by atoms with Crippen molar-refractivity contribution in [3.8, 4) is 5.75 Å². The third-order valence-electron chi connectivity index (χ3n) is 3.13. The predicted molar refractivity (Wildman–Crippen MR) is 83.8 cm³/mol. The number of hydrogen-bond acceptors (Lipinski definition) is 2. The van der Waals surface area contributed by atoms with E-state index in [0.717, 1.165) is 24.3 Å². The fourth-order valence-corrected chi connectivity index (χ4v) is 1.97. The summed E-state index contributed by atoms with van der Waals surface area (Å²) in [6, 6.07) is 7.64. The number of para-hydroxylation sites is 1. The van der Waals surface area contributed by atoms with Crippen molar-refractivity contribution in [3.05, 3.63) is 35.9 Å². The topological polar surface area (TPSA) is 38.3 Å². The maximum Gasteiger partial charge on any atom is 0.244 e. The van der Waals surface area contributed by atoms with E-state index in [4.69, 9.17) is 4.74 Å². The first kappa shape index (κ1) is 16.3. The Labute approximate surface area is 122 Å². The first-order valence-electron chi connectivity index (χ1n) is 7.37. The van der Waals surface area contributed by atoms with Gasteiger partial charge in [0.1, 0.15) is 5.75 Å². The largest absolute Gasteiger partial charge is 0.496 e. The molecule has 0 saturated heterocycles. The van der Waals surface area contributed by atoms with Crippen LogP contribution >= 0.6 is 0 Å². The molecule has 1 N–H and O–H groups in total. The van der Waals surface area contributed by atoms with E-state index in [0.29, 0.717) is 0 Å². The molecular formula is C17H25NO2. The molecule has 20 heavy (non-hydrogen) atoms. The molecule has 0 heterocycles. The fraction of sp³-hybridized carbons (Fsp3) is 0.471. The molecular weight excluding hydrogens is 250 g/mol.